The lowest BCUT2D eigenvalue weighted by atomic mass is 10.1. The highest BCUT2D eigenvalue weighted by Crippen LogP contribution is 2.37. The molecular formula is C19H13N2O7S-. The van der Waals surface area contributed by atoms with Gasteiger partial charge in [0.25, 0.3) is 16.8 Å². The van der Waals surface area contributed by atoms with E-state index in [2.05, 4.69) is 0 Å². The van der Waals surface area contributed by atoms with Gasteiger partial charge in [-0.1, -0.05) is 30.3 Å². The summed E-state index contributed by atoms with van der Waals surface area (Å²) in [5.74, 6) is -2.25. The zero-order valence-electron chi connectivity index (χ0n) is 15.0. The maximum Gasteiger partial charge on any atom is 0.293 e. The number of ketones is 1. The number of hydrogen-bond donors (Lipinski definition) is 0. The minimum absolute atomic E-state index is 0.0224. The van der Waals surface area contributed by atoms with Crippen LogP contribution in [0.15, 0.2) is 47.4 Å². The van der Waals surface area contributed by atoms with Crippen LogP contribution in [0.25, 0.3) is 6.08 Å². The number of carbonyl (C=O) groups excluding carboxylic acids is 3. The molecule has 0 radical (unpaired) electrons. The monoisotopic (exact) mass is 413 g/mol. The Morgan fingerprint density at radius 1 is 1.24 bits per heavy atom. The van der Waals surface area contributed by atoms with E-state index >= 15 is 0 Å². The molecule has 2 amide bonds. The van der Waals surface area contributed by atoms with Gasteiger partial charge in [-0.05, 0) is 29.5 Å². The highest BCUT2D eigenvalue weighted by Gasteiger charge is 2.36. The first-order chi connectivity index (χ1) is 13.8. The van der Waals surface area contributed by atoms with Crippen molar-refractivity contribution < 1.29 is 29.2 Å². The van der Waals surface area contributed by atoms with Crippen molar-refractivity contribution in [1.29, 1.82) is 0 Å². The van der Waals surface area contributed by atoms with Crippen LogP contribution in [0.4, 0.5) is 10.5 Å². The molecule has 0 atom stereocenters. The second-order valence-electron chi connectivity index (χ2n) is 5.89. The molecule has 1 heterocycles. The Morgan fingerprint density at radius 2 is 1.93 bits per heavy atom. The van der Waals surface area contributed by atoms with Gasteiger partial charge in [-0.15, -0.1) is 0 Å². The van der Waals surface area contributed by atoms with Gasteiger partial charge in [0.1, 0.15) is 5.75 Å². The number of nitro groups is 1. The van der Waals surface area contributed by atoms with Crippen LogP contribution in [-0.2, 0) is 4.79 Å². The third-order valence-electron chi connectivity index (χ3n) is 4.04. The molecule has 9 nitrogen and oxygen atoms in total. The molecule has 0 aromatic heterocycles. The number of imide groups is 1. The van der Waals surface area contributed by atoms with E-state index < -0.39 is 39.8 Å². The Kier molecular flexibility index (Phi) is 5.64. The van der Waals surface area contributed by atoms with Crippen molar-refractivity contribution in [1.82, 2.24) is 4.90 Å². The third kappa shape index (κ3) is 4.11. The van der Waals surface area contributed by atoms with Crippen molar-refractivity contribution >= 4 is 40.5 Å². The molecule has 10 heteroatoms. The number of carbonyl (C=O) groups is 3. The maximum absolute atomic E-state index is 12.6. The largest absolute Gasteiger partial charge is 0.865 e. The molecule has 3 rings (SSSR count). The molecule has 0 saturated carbocycles. The van der Waals surface area contributed by atoms with Gasteiger partial charge in [-0.3, -0.25) is 29.4 Å². The summed E-state index contributed by atoms with van der Waals surface area (Å²) in [5, 5.41) is 22.3. The number of thioether (sulfide) groups is 1. The number of nitro benzene ring substituents is 1. The standard InChI is InChI=1S/C19H14N2O7S/c1-28-15-8-11(7-13(17(15)23)21(26)27)9-16-18(24)20(19(25)29-16)10-14(22)12-5-3-2-4-6-12/h2-9,23H,10H2,1H3/p-1/b16-9+. The zero-order valence-corrected chi connectivity index (χ0v) is 15.8. The van der Waals surface area contributed by atoms with Gasteiger partial charge < -0.3 is 9.84 Å². The lowest BCUT2D eigenvalue weighted by molar-refractivity contribution is -0.398. The second kappa shape index (κ2) is 8.15. The summed E-state index contributed by atoms with van der Waals surface area (Å²) in [6.45, 7) is -0.422. The summed E-state index contributed by atoms with van der Waals surface area (Å²) in [7, 11) is 1.19. The van der Waals surface area contributed by atoms with E-state index in [4.69, 9.17) is 4.74 Å². The average Bonchev–Trinajstić information content (AvgIpc) is 2.96. The summed E-state index contributed by atoms with van der Waals surface area (Å²) in [6, 6.07) is 10.5. The van der Waals surface area contributed by atoms with Crippen molar-refractivity contribution in [2.24, 2.45) is 0 Å². The van der Waals surface area contributed by atoms with Crippen molar-refractivity contribution in [2.45, 2.75) is 0 Å². The molecular weight excluding hydrogens is 400 g/mol. The van der Waals surface area contributed by atoms with Gasteiger partial charge in [0.05, 0.1) is 23.5 Å². The van der Waals surface area contributed by atoms with E-state index in [1.165, 1.54) is 19.3 Å². The smallest absolute Gasteiger partial charge is 0.293 e. The molecule has 0 N–H and O–H groups in total. The van der Waals surface area contributed by atoms with Crippen LogP contribution in [-0.4, -0.2) is 40.4 Å². The fraction of sp³-hybridized carbons (Fsp3) is 0.105. The van der Waals surface area contributed by atoms with Crippen molar-refractivity contribution in [2.75, 3.05) is 13.7 Å². The molecule has 1 fully saturated rings. The van der Waals surface area contributed by atoms with Gasteiger partial charge in [0, 0.05) is 17.4 Å². The second-order valence-corrected chi connectivity index (χ2v) is 6.88. The zero-order chi connectivity index (χ0) is 21.1. The quantitative estimate of drug-likeness (QED) is 0.306. The Bertz CT molecular complexity index is 1050. The predicted octanol–water partition coefficient (Wildman–Crippen LogP) is 2.60. The average molecular weight is 413 g/mol. The van der Waals surface area contributed by atoms with E-state index in [0.29, 0.717) is 17.3 Å². The van der Waals surface area contributed by atoms with Crippen molar-refractivity contribution in [3.8, 4) is 11.5 Å². The number of hydrogen-bond acceptors (Lipinski definition) is 8. The van der Waals surface area contributed by atoms with Crippen LogP contribution in [0.3, 0.4) is 0 Å². The number of nitrogens with zero attached hydrogens (tertiary/aromatic N) is 2. The summed E-state index contributed by atoms with van der Waals surface area (Å²) in [6.07, 6.45) is 1.24. The van der Waals surface area contributed by atoms with Crippen LogP contribution < -0.4 is 9.84 Å². The molecule has 0 spiro atoms. The van der Waals surface area contributed by atoms with E-state index in [9.17, 15) is 29.6 Å². The molecule has 148 valence electrons. The number of Topliss-reactive ketones (excluding diaryl/α,β-unsaturated/α-hetero) is 1. The number of amides is 2. The molecule has 0 aliphatic carbocycles. The highest BCUT2D eigenvalue weighted by molar-refractivity contribution is 8.18. The maximum atomic E-state index is 12.6. The molecule has 0 bridgehead atoms. The lowest BCUT2D eigenvalue weighted by Crippen LogP contribution is -2.33. The Morgan fingerprint density at radius 3 is 2.55 bits per heavy atom. The first-order valence-corrected chi connectivity index (χ1v) is 9.00. The van der Waals surface area contributed by atoms with Gasteiger partial charge in [0.2, 0.25) is 0 Å². The minimum atomic E-state index is -0.892. The predicted molar refractivity (Wildman–Crippen MR) is 103 cm³/mol. The Labute approximate surface area is 168 Å². The van der Waals surface area contributed by atoms with Crippen LogP contribution in [0.1, 0.15) is 15.9 Å². The van der Waals surface area contributed by atoms with E-state index in [-0.39, 0.29) is 16.2 Å². The molecule has 2 aromatic carbocycles. The van der Waals surface area contributed by atoms with Crippen molar-refractivity contribution in [3.05, 3.63) is 68.6 Å². The first-order valence-electron chi connectivity index (χ1n) is 8.19. The van der Waals surface area contributed by atoms with Crippen LogP contribution in [0, 0.1) is 10.1 Å². The first kappa shape index (κ1) is 20.1. The molecule has 1 aliphatic heterocycles. The summed E-state index contributed by atoms with van der Waals surface area (Å²) >= 11 is 0.603. The molecule has 29 heavy (non-hydrogen) atoms. The van der Waals surface area contributed by atoms with Gasteiger partial charge in [-0.25, -0.2) is 0 Å². The summed E-state index contributed by atoms with van der Waals surface area (Å²) < 4.78 is 4.85. The normalized spacial score (nSPS) is 15.1. The third-order valence-corrected chi connectivity index (χ3v) is 4.95. The molecule has 0 unspecified atom stereocenters. The SMILES string of the molecule is COc1cc(/C=C2/SC(=O)N(CC(=O)c3ccccc3)C2=O)cc([N+](=O)[O-])c1[O-]. The summed E-state index contributed by atoms with van der Waals surface area (Å²) in [5.41, 5.74) is -0.205. The lowest BCUT2D eigenvalue weighted by Gasteiger charge is -2.13. The number of benzene rings is 2. The van der Waals surface area contributed by atoms with Gasteiger partial charge in [0.15, 0.2) is 5.78 Å². The summed E-state index contributed by atoms with van der Waals surface area (Å²) in [4.78, 5) is 48.0. The minimum Gasteiger partial charge on any atom is -0.865 e. The molecule has 1 aliphatic rings. The topological polar surface area (TPSA) is 130 Å². The fourth-order valence-electron chi connectivity index (χ4n) is 2.63. The van der Waals surface area contributed by atoms with E-state index in [0.717, 1.165) is 11.0 Å². The Hall–Kier alpha value is -3.66. The van der Waals surface area contributed by atoms with Crippen LogP contribution >= 0.6 is 11.8 Å². The van der Waals surface area contributed by atoms with Gasteiger partial charge in [-0.2, -0.15) is 0 Å². The van der Waals surface area contributed by atoms with Crippen LogP contribution in [0.2, 0.25) is 0 Å². The van der Waals surface area contributed by atoms with E-state index in [1.54, 1.807) is 30.3 Å². The van der Waals surface area contributed by atoms with E-state index in [1.807, 2.05) is 0 Å². The van der Waals surface area contributed by atoms with Crippen LogP contribution in [0.5, 0.6) is 11.5 Å². The fourth-order valence-corrected chi connectivity index (χ4v) is 3.46. The molecule has 1 saturated heterocycles. The van der Waals surface area contributed by atoms with Crippen molar-refractivity contribution in [3.63, 3.8) is 0 Å². The number of rotatable bonds is 6. The molecule has 2 aromatic rings. The number of ether oxygens (including phenoxy) is 1. The Balaban J connectivity index is 1.87. The number of methoxy groups -OCH3 is 1. The highest BCUT2D eigenvalue weighted by atomic mass is 32.2. The van der Waals surface area contributed by atoms with Gasteiger partial charge >= 0.3 is 0 Å².